The summed E-state index contributed by atoms with van der Waals surface area (Å²) in [6, 6.07) is 0. The molecule has 21 nitrogen and oxygen atoms in total. The largest absolute Gasteiger partial charge is 0.394 e. The molecule has 3 heterocycles. The fraction of sp³-hybridized carbons (Fsp3) is 1.00. The van der Waals surface area contributed by atoms with Crippen molar-refractivity contribution in [3.8, 4) is 0 Å². The molecule has 3 saturated heterocycles. The van der Waals surface area contributed by atoms with Crippen LogP contribution in [-0.4, -0.2) is 233 Å². The molecule has 0 unspecified atom stereocenters. The quantitative estimate of drug-likeness (QED) is 0.0488. The standard InChI is InChI=1S/C26H49NO20S/c28-4-9(33)21(13(34)8(32)3-27-1-2-48)45-25-19(40)16(37)23(11(6-30)43-25)47-26-20(41)17(38)22(12(7-31)44-26)46-24-18(39)15(36)14(35)10(5-29)42-24/h8-41,48H,1-7H2/t8-,9+,10+,11+,12+,13+,14+,15-,16+,17+,18+,19+,20+,21+,22+,23+,24+,25+,26+/m0/s1. The Morgan fingerprint density at radius 1 is 0.583 bits per heavy atom. The van der Waals surface area contributed by atoms with E-state index >= 15 is 0 Å². The van der Waals surface area contributed by atoms with E-state index in [2.05, 4.69) is 17.9 Å². The van der Waals surface area contributed by atoms with Gasteiger partial charge in [-0.05, 0) is 0 Å². The molecule has 0 aromatic rings. The first-order valence-corrected chi connectivity index (χ1v) is 15.9. The zero-order valence-corrected chi connectivity index (χ0v) is 26.5. The molecule has 0 aliphatic carbocycles. The smallest absolute Gasteiger partial charge is 0.187 e. The van der Waals surface area contributed by atoms with Gasteiger partial charge in [-0.2, -0.15) is 12.6 Å². The highest BCUT2D eigenvalue weighted by Gasteiger charge is 2.54. The van der Waals surface area contributed by atoms with E-state index in [1.807, 2.05) is 0 Å². The van der Waals surface area contributed by atoms with Crippen LogP contribution in [0.1, 0.15) is 0 Å². The third-order valence-electron chi connectivity index (χ3n) is 8.30. The van der Waals surface area contributed by atoms with Crippen LogP contribution >= 0.6 is 12.6 Å². The second kappa shape index (κ2) is 19.4. The summed E-state index contributed by atoms with van der Waals surface area (Å²) in [4.78, 5) is 0. The van der Waals surface area contributed by atoms with E-state index in [4.69, 9.17) is 28.4 Å². The molecule has 0 spiro atoms. The molecular formula is C26H49NO20S. The number of aliphatic hydroxyl groups excluding tert-OH is 14. The van der Waals surface area contributed by atoms with Crippen molar-refractivity contribution < 1.29 is 99.9 Å². The van der Waals surface area contributed by atoms with Crippen LogP contribution in [0.3, 0.4) is 0 Å². The van der Waals surface area contributed by atoms with Gasteiger partial charge >= 0.3 is 0 Å². The maximum atomic E-state index is 10.9. The molecule has 22 heteroatoms. The molecule has 0 aromatic heterocycles. The highest BCUT2D eigenvalue weighted by molar-refractivity contribution is 7.80. The van der Waals surface area contributed by atoms with Gasteiger partial charge in [0.2, 0.25) is 0 Å². The maximum Gasteiger partial charge on any atom is 0.187 e. The van der Waals surface area contributed by atoms with Crippen LogP contribution in [0.5, 0.6) is 0 Å². The first-order chi connectivity index (χ1) is 22.7. The molecular weight excluding hydrogens is 678 g/mol. The Bertz CT molecular complexity index is 927. The predicted molar refractivity (Wildman–Crippen MR) is 156 cm³/mol. The van der Waals surface area contributed by atoms with Gasteiger partial charge in [-0.1, -0.05) is 0 Å². The minimum atomic E-state index is -2.04. The molecule has 3 aliphatic rings. The van der Waals surface area contributed by atoms with E-state index in [0.717, 1.165) is 0 Å². The minimum absolute atomic E-state index is 0.176. The first kappa shape index (κ1) is 41.9. The summed E-state index contributed by atoms with van der Waals surface area (Å²) < 4.78 is 32.8. The monoisotopic (exact) mass is 727 g/mol. The van der Waals surface area contributed by atoms with Gasteiger partial charge in [0.25, 0.3) is 0 Å². The summed E-state index contributed by atoms with van der Waals surface area (Å²) >= 11 is 4.01. The Labute approximate surface area is 279 Å². The van der Waals surface area contributed by atoms with Crippen molar-refractivity contribution in [1.82, 2.24) is 5.32 Å². The topological polar surface area (TPSA) is 351 Å². The van der Waals surface area contributed by atoms with Crippen molar-refractivity contribution in [2.75, 3.05) is 45.3 Å². The van der Waals surface area contributed by atoms with E-state index < -0.39 is 143 Å². The van der Waals surface area contributed by atoms with Crippen molar-refractivity contribution in [2.24, 2.45) is 0 Å². The van der Waals surface area contributed by atoms with Gasteiger partial charge < -0.3 is 105 Å². The fourth-order valence-electron chi connectivity index (χ4n) is 5.48. The van der Waals surface area contributed by atoms with E-state index in [0.29, 0.717) is 12.3 Å². The second-order valence-corrected chi connectivity index (χ2v) is 12.1. The summed E-state index contributed by atoms with van der Waals surface area (Å²) in [6.07, 6.45) is -33.9. The molecule has 19 atom stereocenters. The lowest BCUT2D eigenvalue weighted by Crippen LogP contribution is -2.67. The van der Waals surface area contributed by atoms with E-state index in [1.165, 1.54) is 0 Å². The van der Waals surface area contributed by atoms with Crippen molar-refractivity contribution >= 4 is 12.6 Å². The third-order valence-corrected chi connectivity index (χ3v) is 8.53. The van der Waals surface area contributed by atoms with Crippen LogP contribution in [0.25, 0.3) is 0 Å². The molecule has 3 rings (SSSR count). The second-order valence-electron chi connectivity index (χ2n) is 11.6. The van der Waals surface area contributed by atoms with Crippen LogP contribution in [0.4, 0.5) is 0 Å². The number of aliphatic hydroxyl groups is 14. The van der Waals surface area contributed by atoms with Crippen LogP contribution in [-0.2, 0) is 28.4 Å². The highest BCUT2D eigenvalue weighted by Crippen LogP contribution is 2.33. The van der Waals surface area contributed by atoms with Gasteiger partial charge in [0, 0.05) is 18.8 Å². The summed E-state index contributed by atoms with van der Waals surface area (Å²) in [5, 5.41) is 147. The Balaban J connectivity index is 1.70. The average molecular weight is 728 g/mol. The molecule has 0 aromatic carbocycles. The Hall–Kier alpha value is -0.490. The maximum absolute atomic E-state index is 10.9. The number of hydrogen-bond acceptors (Lipinski definition) is 22. The molecule has 0 amide bonds. The molecule has 0 saturated carbocycles. The van der Waals surface area contributed by atoms with Crippen LogP contribution in [0.2, 0.25) is 0 Å². The molecule has 3 aliphatic heterocycles. The number of ether oxygens (including phenoxy) is 6. The normalized spacial score (nSPS) is 43.4. The molecule has 48 heavy (non-hydrogen) atoms. The lowest BCUT2D eigenvalue weighted by molar-refractivity contribution is -0.383. The van der Waals surface area contributed by atoms with Gasteiger partial charge in [0.1, 0.15) is 91.6 Å². The van der Waals surface area contributed by atoms with Crippen LogP contribution < -0.4 is 5.32 Å². The number of hydrogen-bond donors (Lipinski definition) is 16. The van der Waals surface area contributed by atoms with E-state index in [9.17, 15) is 71.5 Å². The zero-order chi connectivity index (χ0) is 35.9. The lowest BCUT2D eigenvalue weighted by Gasteiger charge is -2.48. The molecule has 0 radical (unpaired) electrons. The van der Waals surface area contributed by atoms with Crippen molar-refractivity contribution in [1.29, 1.82) is 0 Å². The average Bonchev–Trinajstić information content (AvgIpc) is 3.08. The third kappa shape index (κ3) is 9.68. The molecule has 0 bridgehead atoms. The SMILES string of the molecule is OC[C@@H](O)[C@@H](O[C@H]1O[C@H](CO)[C@@H](O[C@H]2O[C@H](CO)[C@@H](O[C@H]3O[C@H](CO)[C@@H](O)[C@H](O)[C@H]3O)[C@H](O)[C@H]2O)[C@H](O)[C@H]1O)[C@H](O)[C@@H](O)CNCCS. The zero-order valence-electron chi connectivity index (χ0n) is 25.6. The highest BCUT2D eigenvalue weighted by atomic mass is 32.1. The van der Waals surface area contributed by atoms with E-state index in [1.54, 1.807) is 0 Å². The van der Waals surface area contributed by atoms with Crippen molar-refractivity contribution in [3.05, 3.63) is 0 Å². The van der Waals surface area contributed by atoms with Gasteiger partial charge in [-0.15, -0.1) is 0 Å². The van der Waals surface area contributed by atoms with Gasteiger partial charge in [0.05, 0.1) is 32.5 Å². The predicted octanol–water partition coefficient (Wildman–Crippen LogP) is -9.59. The van der Waals surface area contributed by atoms with Crippen molar-refractivity contribution in [2.45, 2.75) is 117 Å². The molecule has 15 N–H and O–H groups in total. The summed E-state index contributed by atoms with van der Waals surface area (Å²) in [7, 11) is 0. The summed E-state index contributed by atoms with van der Waals surface area (Å²) in [5.41, 5.74) is 0. The molecule has 284 valence electrons. The number of rotatable bonds is 17. The minimum Gasteiger partial charge on any atom is -0.394 e. The Kier molecular flexibility index (Phi) is 16.9. The van der Waals surface area contributed by atoms with Crippen molar-refractivity contribution in [3.63, 3.8) is 0 Å². The van der Waals surface area contributed by atoms with Crippen LogP contribution in [0.15, 0.2) is 0 Å². The number of nitrogens with one attached hydrogen (secondary N) is 1. The van der Waals surface area contributed by atoms with Gasteiger partial charge in [-0.3, -0.25) is 0 Å². The van der Waals surface area contributed by atoms with Gasteiger partial charge in [-0.25, -0.2) is 0 Å². The lowest BCUT2D eigenvalue weighted by atomic mass is 9.96. The summed E-state index contributed by atoms with van der Waals surface area (Å²) in [5.74, 6) is 0.410. The molecule has 3 fully saturated rings. The van der Waals surface area contributed by atoms with Gasteiger partial charge in [0.15, 0.2) is 18.9 Å². The number of thiol groups is 1. The van der Waals surface area contributed by atoms with E-state index in [-0.39, 0.29) is 6.54 Å². The Morgan fingerprint density at radius 3 is 1.52 bits per heavy atom. The first-order valence-electron chi connectivity index (χ1n) is 15.2. The summed E-state index contributed by atoms with van der Waals surface area (Å²) in [6.45, 7) is -3.37. The van der Waals surface area contributed by atoms with Crippen LogP contribution in [0, 0.1) is 0 Å². The Morgan fingerprint density at radius 2 is 1.04 bits per heavy atom. The fourth-order valence-corrected chi connectivity index (χ4v) is 5.64.